The minimum atomic E-state index is -0.305. The summed E-state index contributed by atoms with van der Waals surface area (Å²) in [7, 11) is 1.52. The van der Waals surface area contributed by atoms with E-state index in [2.05, 4.69) is 10.3 Å². The number of thiocarbonyl (C=S) groups is 1. The molecule has 0 fully saturated rings. The molecular formula is C12H16N4O2S. The van der Waals surface area contributed by atoms with Crippen molar-refractivity contribution in [3.63, 3.8) is 0 Å². The van der Waals surface area contributed by atoms with Crippen LogP contribution in [0.4, 0.5) is 0 Å². The first-order valence-corrected chi connectivity index (χ1v) is 6.16. The third kappa shape index (κ3) is 3.99. The Labute approximate surface area is 117 Å². The number of hydrogen-bond acceptors (Lipinski definition) is 4. The third-order valence-electron chi connectivity index (χ3n) is 2.55. The van der Waals surface area contributed by atoms with Crippen LogP contribution in [0.3, 0.4) is 0 Å². The Morgan fingerprint density at radius 3 is 2.58 bits per heavy atom. The number of carbonyl (C=O) groups is 2. The molecule has 3 N–H and O–H groups in total. The van der Waals surface area contributed by atoms with Crippen molar-refractivity contribution in [3.05, 3.63) is 29.6 Å². The van der Waals surface area contributed by atoms with Gasteiger partial charge in [-0.3, -0.25) is 14.6 Å². The average molecular weight is 280 g/mol. The number of likely N-dealkylation sites (N-methyl/N-ethyl adjacent to an activating group) is 2. The van der Waals surface area contributed by atoms with Gasteiger partial charge in [-0.25, -0.2) is 0 Å². The van der Waals surface area contributed by atoms with E-state index in [1.54, 1.807) is 19.1 Å². The Morgan fingerprint density at radius 2 is 2.16 bits per heavy atom. The second kappa shape index (κ2) is 6.79. The highest BCUT2D eigenvalue weighted by molar-refractivity contribution is 7.80. The van der Waals surface area contributed by atoms with Gasteiger partial charge in [0.1, 0.15) is 10.7 Å². The number of rotatable bonds is 5. The van der Waals surface area contributed by atoms with Crippen LogP contribution in [0, 0.1) is 0 Å². The lowest BCUT2D eigenvalue weighted by Gasteiger charge is -2.19. The maximum atomic E-state index is 12.1. The van der Waals surface area contributed by atoms with Crippen molar-refractivity contribution in [1.82, 2.24) is 15.2 Å². The second-order valence-corrected chi connectivity index (χ2v) is 4.23. The molecule has 0 aliphatic rings. The summed E-state index contributed by atoms with van der Waals surface area (Å²) in [6, 6.07) is 3.18. The van der Waals surface area contributed by atoms with E-state index in [9.17, 15) is 9.59 Å². The molecule has 0 bridgehead atoms. The Hall–Kier alpha value is -2.02. The molecular weight excluding hydrogens is 264 g/mol. The van der Waals surface area contributed by atoms with Crippen molar-refractivity contribution >= 4 is 29.0 Å². The predicted molar refractivity (Wildman–Crippen MR) is 75.8 cm³/mol. The zero-order valence-corrected chi connectivity index (χ0v) is 11.7. The van der Waals surface area contributed by atoms with E-state index in [0.717, 1.165) is 0 Å². The van der Waals surface area contributed by atoms with E-state index in [4.69, 9.17) is 18.0 Å². The van der Waals surface area contributed by atoms with Gasteiger partial charge >= 0.3 is 0 Å². The van der Waals surface area contributed by atoms with Crippen molar-refractivity contribution in [2.45, 2.75) is 6.92 Å². The first-order valence-electron chi connectivity index (χ1n) is 5.75. The molecule has 1 aromatic rings. The summed E-state index contributed by atoms with van der Waals surface area (Å²) in [4.78, 5) is 29.1. The quantitative estimate of drug-likeness (QED) is 0.737. The van der Waals surface area contributed by atoms with Crippen molar-refractivity contribution < 1.29 is 9.59 Å². The fourth-order valence-electron chi connectivity index (χ4n) is 1.41. The number of amides is 2. The van der Waals surface area contributed by atoms with Gasteiger partial charge in [-0.1, -0.05) is 12.2 Å². The molecule has 19 heavy (non-hydrogen) atoms. The number of nitrogens with zero attached hydrogens (tertiary/aromatic N) is 2. The van der Waals surface area contributed by atoms with Crippen molar-refractivity contribution in [2.24, 2.45) is 5.73 Å². The summed E-state index contributed by atoms with van der Waals surface area (Å²) < 4.78 is 0. The lowest BCUT2D eigenvalue weighted by Crippen LogP contribution is -2.39. The van der Waals surface area contributed by atoms with E-state index < -0.39 is 0 Å². The summed E-state index contributed by atoms with van der Waals surface area (Å²) in [5.74, 6) is -0.532. The van der Waals surface area contributed by atoms with E-state index in [1.165, 1.54) is 18.1 Å². The Bertz CT molecular complexity index is 487. The molecule has 0 aliphatic carbocycles. The zero-order chi connectivity index (χ0) is 14.4. The number of nitrogens with one attached hydrogen (secondary N) is 1. The summed E-state index contributed by atoms with van der Waals surface area (Å²) >= 11 is 4.81. The summed E-state index contributed by atoms with van der Waals surface area (Å²) in [5, 5.41) is 2.47. The van der Waals surface area contributed by atoms with Crippen LogP contribution in [0.1, 0.15) is 23.0 Å². The monoisotopic (exact) mass is 280 g/mol. The molecule has 2 amide bonds. The van der Waals surface area contributed by atoms with Gasteiger partial charge in [0.05, 0.1) is 6.54 Å². The van der Waals surface area contributed by atoms with Crippen molar-refractivity contribution in [3.8, 4) is 0 Å². The SMILES string of the molecule is CCN(CC(=O)NC)C(=O)c1ccc(C(N)=S)cn1. The molecule has 0 saturated heterocycles. The Kier molecular flexibility index (Phi) is 5.37. The van der Waals surface area contributed by atoms with Gasteiger partial charge in [-0.15, -0.1) is 0 Å². The zero-order valence-electron chi connectivity index (χ0n) is 10.8. The summed E-state index contributed by atoms with van der Waals surface area (Å²) in [6.07, 6.45) is 1.45. The lowest BCUT2D eigenvalue weighted by atomic mass is 10.2. The highest BCUT2D eigenvalue weighted by atomic mass is 32.1. The van der Waals surface area contributed by atoms with Crippen molar-refractivity contribution in [1.29, 1.82) is 0 Å². The van der Waals surface area contributed by atoms with Crippen LogP contribution >= 0.6 is 12.2 Å². The van der Waals surface area contributed by atoms with Gasteiger partial charge < -0.3 is 16.0 Å². The van der Waals surface area contributed by atoms with Crippen LogP contribution in [0.5, 0.6) is 0 Å². The molecule has 0 aromatic carbocycles. The first kappa shape index (κ1) is 15.0. The number of pyridine rings is 1. The van der Waals surface area contributed by atoms with Gasteiger partial charge in [0.2, 0.25) is 5.91 Å². The average Bonchev–Trinajstić information content (AvgIpc) is 2.43. The van der Waals surface area contributed by atoms with Gasteiger partial charge in [0, 0.05) is 25.4 Å². The highest BCUT2D eigenvalue weighted by Gasteiger charge is 2.17. The number of hydrogen-bond donors (Lipinski definition) is 2. The number of carbonyl (C=O) groups excluding carboxylic acids is 2. The molecule has 1 rings (SSSR count). The van der Waals surface area contributed by atoms with E-state index in [1.807, 2.05) is 0 Å². The van der Waals surface area contributed by atoms with Crippen LogP contribution in [0.25, 0.3) is 0 Å². The minimum Gasteiger partial charge on any atom is -0.389 e. The highest BCUT2D eigenvalue weighted by Crippen LogP contribution is 2.04. The molecule has 0 radical (unpaired) electrons. The Balaban J connectivity index is 2.85. The molecule has 0 atom stereocenters. The van der Waals surface area contributed by atoms with E-state index >= 15 is 0 Å². The predicted octanol–water partition coefficient (Wildman–Crippen LogP) is -0.0761. The van der Waals surface area contributed by atoms with Crippen molar-refractivity contribution in [2.75, 3.05) is 20.1 Å². The molecule has 102 valence electrons. The van der Waals surface area contributed by atoms with Crippen LogP contribution in [-0.2, 0) is 4.79 Å². The maximum absolute atomic E-state index is 12.1. The normalized spacial score (nSPS) is 9.79. The van der Waals surface area contributed by atoms with Gasteiger partial charge in [-0.2, -0.15) is 0 Å². The van der Waals surface area contributed by atoms with E-state index in [-0.39, 0.29) is 29.0 Å². The molecule has 1 aromatic heterocycles. The molecule has 0 saturated carbocycles. The van der Waals surface area contributed by atoms with Crippen LogP contribution < -0.4 is 11.1 Å². The van der Waals surface area contributed by atoms with Gasteiger partial charge in [-0.05, 0) is 19.1 Å². The second-order valence-electron chi connectivity index (χ2n) is 3.79. The topological polar surface area (TPSA) is 88.3 Å². The minimum absolute atomic E-state index is 0.00453. The first-order chi connectivity index (χ1) is 8.99. The molecule has 0 spiro atoms. The molecule has 0 unspecified atom stereocenters. The lowest BCUT2D eigenvalue weighted by molar-refractivity contribution is -0.121. The van der Waals surface area contributed by atoms with Gasteiger partial charge in [0.15, 0.2) is 0 Å². The Morgan fingerprint density at radius 1 is 1.47 bits per heavy atom. The fraction of sp³-hybridized carbons (Fsp3) is 0.333. The molecule has 6 nitrogen and oxygen atoms in total. The molecule has 7 heteroatoms. The van der Waals surface area contributed by atoms with Gasteiger partial charge in [0.25, 0.3) is 5.91 Å². The molecule has 1 heterocycles. The largest absolute Gasteiger partial charge is 0.389 e. The summed E-state index contributed by atoms with van der Waals surface area (Å²) in [5.41, 5.74) is 6.31. The number of nitrogens with two attached hydrogens (primary N) is 1. The van der Waals surface area contributed by atoms with E-state index in [0.29, 0.717) is 12.1 Å². The fourth-order valence-corrected chi connectivity index (χ4v) is 1.53. The standard InChI is InChI=1S/C12H16N4O2S/c1-3-16(7-10(17)14-2)12(18)9-5-4-8(6-15-9)11(13)19/h4-6H,3,7H2,1-2H3,(H2,13,19)(H,14,17). The van der Waals surface area contributed by atoms with Crippen LogP contribution in [0.2, 0.25) is 0 Å². The van der Waals surface area contributed by atoms with Crippen LogP contribution in [0.15, 0.2) is 18.3 Å². The number of aromatic nitrogens is 1. The third-order valence-corrected chi connectivity index (χ3v) is 2.79. The molecule has 0 aliphatic heterocycles. The summed E-state index contributed by atoms with van der Waals surface area (Å²) in [6.45, 7) is 2.22. The maximum Gasteiger partial charge on any atom is 0.272 e. The smallest absolute Gasteiger partial charge is 0.272 e. The van der Waals surface area contributed by atoms with Crippen LogP contribution in [-0.4, -0.2) is 46.8 Å².